The molecule has 0 spiro atoms. The normalized spacial score (nSPS) is 11.6. The Hall–Kier alpha value is -0.100. The van der Waals surface area contributed by atoms with Gasteiger partial charge in [-0.15, -0.1) is 0 Å². The summed E-state index contributed by atoms with van der Waals surface area (Å²) in [6.45, 7) is 0.197. The van der Waals surface area contributed by atoms with Gasteiger partial charge in [0.25, 0.3) is 9.05 Å². The molecule has 0 aromatic heterocycles. The van der Waals surface area contributed by atoms with Gasteiger partial charge in [0.15, 0.2) is 0 Å². The molecule has 6 heteroatoms. The molecule has 1 aromatic carbocycles. The van der Waals surface area contributed by atoms with Crippen molar-refractivity contribution in [3.8, 4) is 0 Å². The zero-order valence-corrected chi connectivity index (χ0v) is 10.5. The van der Waals surface area contributed by atoms with E-state index in [0.717, 1.165) is 0 Å². The van der Waals surface area contributed by atoms with E-state index in [1.807, 2.05) is 0 Å². The SMILES string of the molecule is COCc1c(Br)cccc1S(=O)(=O)Cl. The van der Waals surface area contributed by atoms with Crippen LogP contribution in [-0.2, 0) is 20.4 Å². The molecule has 0 radical (unpaired) electrons. The Morgan fingerprint density at radius 1 is 1.50 bits per heavy atom. The number of hydrogen-bond donors (Lipinski definition) is 0. The standard InChI is InChI=1S/C8H8BrClO3S/c1-13-5-6-7(9)3-2-4-8(6)14(10,11)12/h2-4H,5H2,1H3. The largest absolute Gasteiger partial charge is 0.380 e. The first-order valence-electron chi connectivity index (χ1n) is 3.68. The van der Waals surface area contributed by atoms with Crippen LogP contribution in [0.1, 0.15) is 5.56 Å². The van der Waals surface area contributed by atoms with Crippen molar-refractivity contribution in [3.63, 3.8) is 0 Å². The minimum atomic E-state index is -3.72. The van der Waals surface area contributed by atoms with Crippen LogP contribution in [0.3, 0.4) is 0 Å². The van der Waals surface area contributed by atoms with Crippen molar-refractivity contribution in [2.75, 3.05) is 7.11 Å². The summed E-state index contributed by atoms with van der Waals surface area (Å²) in [5.41, 5.74) is 0.532. The Kier molecular flexibility index (Phi) is 3.94. The van der Waals surface area contributed by atoms with E-state index in [4.69, 9.17) is 15.4 Å². The van der Waals surface area contributed by atoms with E-state index in [1.165, 1.54) is 13.2 Å². The second kappa shape index (κ2) is 4.61. The summed E-state index contributed by atoms with van der Waals surface area (Å²) >= 11 is 3.24. The summed E-state index contributed by atoms with van der Waals surface area (Å²) in [6.07, 6.45) is 0. The molecule has 0 unspecified atom stereocenters. The highest BCUT2D eigenvalue weighted by Crippen LogP contribution is 2.27. The quantitative estimate of drug-likeness (QED) is 0.806. The van der Waals surface area contributed by atoms with Gasteiger partial charge in [-0.3, -0.25) is 0 Å². The van der Waals surface area contributed by atoms with Gasteiger partial charge in [0.1, 0.15) is 0 Å². The maximum absolute atomic E-state index is 11.2. The molecule has 0 saturated heterocycles. The summed E-state index contributed by atoms with van der Waals surface area (Å²) in [4.78, 5) is 0.0791. The van der Waals surface area contributed by atoms with Crippen LogP contribution in [0.25, 0.3) is 0 Å². The molecule has 0 aliphatic rings. The van der Waals surface area contributed by atoms with Gasteiger partial charge in [0.2, 0.25) is 0 Å². The molecule has 0 atom stereocenters. The number of benzene rings is 1. The van der Waals surface area contributed by atoms with Crippen molar-refractivity contribution in [1.82, 2.24) is 0 Å². The first kappa shape index (κ1) is 12.0. The molecule has 1 aromatic rings. The fourth-order valence-electron chi connectivity index (χ4n) is 1.05. The van der Waals surface area contributed by atoms with Crippen LogP contribution < -0.4 is 0 Å². The summed E-state index contributed by atoms with van der Waals surface area (Å²) in [7, 11) is 3.04. The second-order valence-corrected chi connectivity index (χ2v) is 5.98. The van der Waals surface area contributed by atoms with E-state index in [-0.39, 0.29) is 11.5 Å². The van der Waals surface area contributed by atoms with Crippen LogP contribution >= 0.6 is 26.6 Å². The van der Waals surface area contributed by atoms with E-state index < -0.39 is 9.05 Å². The fraction of sp³-hybridized carbons (Fsp3) is 0.250. The zero-order chi connectivity index (χ0) is 10.8. The Labute approximate surface area is 95.6 Å². The lowest BCUT2D eigenvalue weighted by molar-refractivity contribution is 0.182. The Balaban J connectivity index is 3.36. The summed E-state index contributed by atoms with van der Waals surface area (Å²) in [5.74, 6) is 0. The highest BCUT2D eigenvalue weighted by molar-refractivity contribution is 9.10. The van der Waals surface area contributed by atoms with Gasteiger partial charge >= 0.3 is 0 Å². The molecule has 0 aliphatic carbocycles. The predicted molar refractivity (Wildman–Crippen MR) is 57.9 cm³/mol. The minimum absolute atomic E-state index is 0.0791. The number of methoxy groups -OCH3 is 1. The van der Waals surface area contributed by atoms with Crippen LogP contribution in [0.4, 0.5) is 0 Å². The molecule has 0 saturated carbocycles. The molecular weight excluding hydrogens is 292 g/mol. The summed E-state index contributed by atoms with van der Waals surface area (Å²) < 4.78 is 27.9. The lowest BCUT2D eigenvalue weighted by atomic mass is 10.2. The third-order valence-corrected chi connectivity index (χ3v) is 3.78. The van der Waals surface area contributed by atoms with Crippen LogP contribution in [0.15, 0.2) is 27.6 Å². The number of halogens is 2. The van der Waals surface area contributed by atoms with Crippen LogP contribution in [-0.4, -0.2) is 15.5 Å². The Morgan fingerprint density at radius 3 is 2.64 bits per heavy atom. The molecular formula is C8H8BrClO3S. The van der Waals surface area contributed by atoms with Crippen molar-refractivity contribution in [2.24, 2.45) is 0 Å². The van der Waals surface area contributed by atoms with E-state index in [9.17, 15) is 8.42 Å². The third-order valence-electron chi connectivity index (χ3n) is 1.63. The first-order valence-corrected chi connectivity index (χ1v) is 6.78. The third kappa shape index (κ3) is 2.70. The van der Waals surface area contributed by atoms with Crippen LogP contribution in [0.5, 0.6) is 0 Å². The smallest absolute Gasteiger partial charge is 0.261 e. The molecule has 0 heterocycles. The molecule has 0 fully saturated rings. The van der Waals surface area contributed by atoms with E-state index in [2.05, 4.69) is 15.9 Å². The Morgan fingerprint density at radius 2 is 2.14 bits per heavy atom. The molecule has 3 nitrogen and oxygen atoms in total. The molecule has 78 valence electrons. The van der Waals surface area contributed by atoms with Crippen LogP contribution in [0, 0.1) is 0 Å². The molecule has 14 heavy (non-hydrogen) atoms. The highest BCUT2D eigenvalue weighted by Gasteiger charge is 2.17. The van der Waals surface area contributed by atoms with Gasteiger partial charge in [-0.05, 0) is 12.1 Å². The second-order valence-electron chi connectivity index (χ2n) is 2.59. The molecule has 0 aliphatic heterocycles. The van der Waals surface area contributed by atoms with E-state index in [0.29, 0.717) is 10.0 Å². The maximum Gasteiger partial charge on any atom is 0.261 e. The maximum atomic E-state index is 11.2. The molecule has 0 bridgehead atoms. The van der Waals surface area contributed by atoms with Gasteiger partial charge in [0, 0.05) is 27.8 Å². The minimum Gasteiger partial charge on any atom is -0.380 e. The number of rotatable bonds is 3. The fourth-order valence-corrected chi connectivity index (χ4v) is 2.80. The average molecular weight is 300 g/mol. The van der Waals surface area contributed by atoms with Crippen molar-refractivity contribution >= 4 is 35.7 Å². The summed E-state index contributed by atoms with van der Waals surface area (Å²) in [5, 5.41) is 0. The first-order chi connectivity index (χ1) is 6.46. The van der Waals surface area contributed by atoms with E-state index in [1.54, 1.807) is 12.1 Å². The van der Waals surface area contributed by atoms with E-state index >= 15 is 0 Å². The monoisotopic (exact) mass is 298 g/mol. The average Bonchev–Trinajstić information content (AvgIpc) is 2.07. The molecule has 0 amide bonds. The van der Waals surface area contributed by atoms with Gasteiger partial charge in [-0.2, -0.15) is 0 Å². The van der Waals surface area contributed by atoms with Crippen LogP contribution in [0.2, 0.25) is 0 Å². The van der Waals surface area contributed by atoms with Crippen molar-refractivity contribution in [2.45, 2.75) is 11.5 Å². The zero-order valence-electron chi connectivity index (χ0n) is 7.33. The predicted octanol–water partition coefficient (Wildman–Crippen LogP) is 2.52. The molecule has 0 N–H and O–H groups in total. The van der Waals surface area contributed by atoms with Crippen molar-refractivity contribution < 1.29 is 13.2 Å². The number of ether oxygens (including phenoxy) is 1. The lowest BCUT2D eigenvalue weighted by Crippen LogP contribution is -2.00. The topological polar surface area (TPSA) is 43.4 Å². The Bertz CT molecular complexity index is 430. The van der Waals surface area contributed by atoms with Gasteiger partial charge in [-0.25, -0.2) is 8.42 Å². The van der Waals surface area contributed by atoms with Gasteiger partial charge in [-0.1, -0.05) is 22.0 Å². The van der Waals surface area contributed by atoms with Crippen molar-refractivity contribution in [1.29, 1.82) is 0 Å². The highest BCUT2D eigenvalue weighted by atomic mass is 79.9. The van der Waals surface area contributed by atoms with Crippen molar-refractivity contribution in [3.05, 3.63) is 28.2 Å². The summed E-state index contributed by atoms with van der Waals surface area (Å²) in [6, 6.07) is 4.79. The van der Waals surface area contributed by atoms with Gasteiger partial charge < -0.3 is 4.74 Å². The molecule has 1 rings (SSSR count). The lowest BCUT2D eigenvalue weighted by Gasteiger charge is -2.07. The number of hydrogen-bond acceptors (Lipinski definition) is 3. The van der Waals surface area contributed by atoms with Gasteiger partial charge in [0.05, 0.1) is 11.5 Å².